The zero-order chi connectivity index (χ0) is 19.6. The van der Waals surface area contributed by atoms with E-state index in [1.807, 2.05) is 0 Å². The molecule has 0 spiro atoms. The summed E-state index contributed by atoms with van der Waals surface area (Å²) in [6.45, 7) is 0. The highest BCUT2D eigenvalue weighted by Gasteiger charge is 2.20. The van der Waals surface area contributed by atoms with E-state index < -0.39 is 40.6 Å². The summed E-state index contributed by atoms with van der Waals surface area (Å²) in [5.74, 6) is -4.49. The Morgan fingerprint density at radius 3 is 2.52 bits per heavy atom. The number of hydrogen-bond donors (Lipinski definition) is 1. The normalized spacial score (nSPS) is 10.5. The second-order valence-corrected chi connectivity index (χ2v) is 6.13. The van der Waals surface area contributed by atoms with Crippen molar-refractivity contribution < 1.29 is 27.5 Å². The van der Waals surface area contributed by atoms with Gasteiger partial charge < -0.3 is 10.1 Å². The number of halogens is 3. The number of benzene rings is 2. The Morgan fingerprint density at radius 2 is 1.81 bits per heavy atom. The summed E-state index contributed by atoms with van der Waals surface area (Å²) >= 11 is 1.03. The van der Waals surface area contributed by atoms with Crippen LogP contribution in [-0.4, -0.2) is 24.0 Å². The second kappa shape index (κ2) is 7.58. The van der Waals surface area contributed by atoms with E-state index in [2.05, 4.69) is 15.0 Å². The van der Waals surface area contributed by atoms with E-state index in [4.69, 9.17) is 0 Å². The van der Waals surface area contributed by atoms with Gasteiger partial charge in [-0.15, -0.1) is 11.3 Å². The molecule has 0 radical (unpaired) electrons. The van der Waals surface area contributed by atoms with Crippen molar-refractivity contribution in [3.63, 3.8) is 0 Å². The predicted molar refractivity (Wildman–Crippen MR) is 93.2 cm³/mol. The first-order valence-electron chi connectivity index (χ1n) is 7.50. The predicted octanol–water partition coefficient (Wildman–Crippen LogP) is 4.27. The van der Waals surface area contributed by atoms with Crippen LogP contribution in [-0.2, 0) is 4.74 Å². The number of anilines is 1. The second-order valence-electron chi connectivity index (χ2n) is 5.28. The number of carbonyl (C=O) groups excluding carboxylic acids is 2. The van der Waals surface area contributed by atoms with Crippen molar-refractivity contribution in [2.24, 2.45) is 0 Å². The van der Waals surface area contributed by atoms with Crippen LogP contribution in [0.3, 0.4) is 0 Å². The van der Waals surface area contributed by atoms with Crippen LogP contribution in [0.1, 0.15) is 20.8 Å². The smallest absolute Gasteiger partial charge is 0.340 e. The number of thiazole rings is 1. The molecular weight excluding hydrogens is 381 g/mol. The molecule has 0 atom stereocenters. The summed E-state index contributed by atoms with van der Waals surface area (Å²) < 4.78 is 45.8. The Kier molecular flexibility index (Phi) is 5.22. The van der Waals surface area contributed by atoms with Gasteiger partial charge >= 0.3 is 5.97 Å². The van der Waals surface area contributed by atoms with Gasteiger partial charge in [0.2, 0.25) is 0 Å². The van der Waals surface area contributed by atoms with Crippen molar-refractivity contribution in [1.82, 2.24) is 4.98 Å². The maximum absolute atomic E-state index is 13.9. The molecule has 0 fully saturated rings. The number of methoxy groups -OCH3 is 1. The van der Waals surface area contributed by atoms with E-state index in [0.29, 0.717) is 6.07 Å². The topological polar surface area (TPSA) is 68.3 Å². The summed E-state index contributed by atoms with van der Waals surface area (Å²) in [6, 6.07) is 7.22. The van der Waals surface area contributed by atoms with Gasteiger partial charge in [-0.3, -0.25) is 4.79 Å². The van der Waals surface area contributed by atoms with E-state index in [1.54, 1.807) is 6.07 Å². The van der Waals surface area contributed by atoms with E-state index in [-0.39, 0.29) is 16.3 Å². The fraction of sp³-hybridized carbons (Fsp3) is 0.0556. The van der Waals surface area contributed by atoms with Gasteiger partial charge in [0.15, 0.2) is 0 Å². The Labute approximate surface area is 155 Å². The maximum atomic E-state index is 13.9. The Morgan fingerprint density at radius 1 is 1.07 bits per heavy atom. The van der Waals surface area contributed by atoms with Crippen LogP contribution in [0.5, 0.6) is 0 Å². The molecule has 0 saturated carbocycles. The van der Waals surface area contributed by atoms with Gasteiger partial charge in [-0.25, -0.2) is 22.9 Å². The van der Waals surface area contributed by atoms with Crippen LogP contribution in [0.4, 0.5) is 18.9 Å². The first-order valence-corrected chi connectivity index (χ1v) is 8.37. The van der Waals surface area contributed by atoms with E-state index in [9.17, 15) is 22.8 Å². The molecule has 0 unspecified atom stereocenters. The van der Waals surface area contributed by atoms with Gasteiger partial charge in [-0.1, -0.05) is 12.1 Å². The largest absolute Gasteiger partial charge is 0.465 e. The van der Waals surface area contributed by atoms with Crippen LogP contribution in [0, 0.1) is 17.5 Å². The van der Waals surface area contributed by atoms with Gasteiger partial charge in [-0.2, -0.15) is 0 Å². The quantitative estimate of drug-likeness (QED) is 0.674. The zero-order valence-electron chi connectivity index (χ0n) is 13.8. The highest BCUT2D eigenvalue weighted by molar-refractivity contribution is 7.13. The van der Waals surface area contributed by atoms with Crippen LogP contribution < -0.4 is 5.32 Å². The first kappa shape index (κ1) is 18.6. The fourth-order valence-electron chi connectivity index (χ4n) is 2.23. The monoisotopic (exact) mass is 392 g/mol. The lowest BCUT2D eigenvalue weighted by Gasteiger charge is -2.08. The molecular formula is C18H11F3N2O3S. The maximum Gasteiger partial charge on any atom is 0.340 e. The minimum absolute atomic E-state index is 0.0819. The molecule has 9 heteroatoms. The summed E-state index contributed by atoms with van der Waals surface area (Å²) in [4.78, 5) is 27.8. The summed E-state index contributed by atoms with van der Waals surface area (Å²) in [5, 5.41) is 3.86. The van der Waals surface area contributed by atoms with Crippen LogP contribution in [0.15, 0.2) is 41.8 Å². The molecule has 0 aliphatic rings. The molecule has 3 aromatic rings. The Balaban J connectivity index is 1.86. The average Bonchev–Trinajstić information content (AvgIpc) is 3.13. The molecule has 0 bridgehead atoms. The van der Waals surface area contributed by atoms with E-state index in [0.717, 1.165) is 24.5 Å². The van der Waals surface area contributed by atoms with E-state index >= 15 is 0 Å². The molecule has 0 aliphatic heterocycles. The van der Waals surface area contributed by atoms with Crippen molar-refractivity contribution in [3.8, 4) is 10.6 Å². The summed E-state index contributed by atoms with van der Waals surface area (Å²) in [6.07, 6.45) is 0. The lowest BCUT2D eigenvalue weighted by Crippen LogP contribution is -2.15. The third-order valence-electron chi connectivity index (χ3n) is 3.55. The molecule has 3 rings (SSSR count). The molecule has 0 saturated heterocycles. The van der Waals surface area contributed by atoms with Gasteiger partial charge in [0.05, 0.1) is 18.4 Å². The van der Waals surface area contributed by atoms with Crippen LogP contribution in [0.25, 0.3) is 10.6 Å². The number of amides is 1. The zero-order valence-corrected chi connectivity index (χ0v) is 14.6. The standard InChI is InChI=1S/C18H11F3N2O3S/c1-26-18(25)10-6-14(13(21)7-12(10)20)22-16(24)15-8-27-17(23-15)9-4-2-3-5-11(9)19/h2-8H,1H3,(H,22,24). The number of carbonyl (C=O) groups is 2. The van der Waals surface area contributed by atoms with Gasteiger partial charge in [-0.05, 0) is 18.2 Å². The first-order chi connectivity index (χ1) is 12.9. The number of nitrogens with one attached hydrogen (secondary N) is 1. The molecule has 2 aromatic carbocycles. The number of hydrogen-bond acceptors (Lipinski definition) is 5. The number of esters is 1. The number of aromatic nitrogens is 1. The van der Waals surface area contributed by atoms with Crippen LogP contribution in [0.2, 0.25) is 0 Å². The minimum atomic E-state index is -1.12. The van der Waals surface area contributed by atoms with Crippen molar-refractivity contribution in [1.29, 1.82) is 0 Å². The van der Waals surface area contributed by atoms with Crippen molar-refractivity contribution in [2.75, 3.05) is 12.4 Å². The van der Waals surface area contributed by atoms with Crippen molar-refractivity contribution in [3.05, 3.63) is 70.5 Å². The average molecular weight is 392 g/mol. The van der Waals surface area contributed by atoms with Gasteiger partial charge in [0.1, 0.15) is 28.2 Å². The summed E-state index contributed by atoms with van der Waals surface area (Å²) in [5.41, 5.74) is -0.800. The van der Waals surface area contributed by atoms with Gasteiger partial charge in [0, 0.05) is 17.0 Å². The van der Waals surface area contributed by atoms with Crippen molar-refractivity contribution in [2.45, 2.75) is 0 Å². The molecule has 5 nitrogen and oxygen atoms in total. The highest BCUT2D eigenvalue weighted by Crippen LogP contribution is 2.27. The third-order valence-corrected chi connectivity index (χ3v) is 4.43. The molecule has 1 heterocycles. The van der Waals surface area contributed by atoms with E-state index in [1.165, 1.54) is 23.6 Å². The molecule has 138 valence electrons. The molecule has 0 aliphatic carbocycles. The third kappa shape index (κ3) is 3.82. The fourth-order valence-corrected chi connectivity index (χ4v) is 3.06. The molecule has 1 N–H and O–H groups in total. The number of nitrogens with zero attached hydrogens (tertiary/aromatic N) is 1. The lowest BCUT2D eigenvalue weighted by molar-refractivity contribution is 0.0595. The molecule has 27 heavy (non-hydrogen) atoms. The highest BCUT2D eigenvalue weighted by atomic mass is 32.1. The van der Waals surface area contributed by atoms with Crippen molar-refractivity contribution >= 4 is 28.9 Å². The van der Waals surface area contributed by atoms with Gasteiger partial charge in [0.25, 0.3) is 5.91 Å². The summed E-state index contributed by atoms with van der Waals surface area (Å²) in [7, 11) is 1.04. The molecule has 1 aromatic heterocycles. The Hall–Kier alpha value is -3.20. The van der Waals surface area contributed by atoms with Crippen LogP contribution >= 0.6 is 11.3 Å². The number of rotatable bonds is 4. The lowest BCUT2D eigenvalue weighted by atomic mass is 10.1. The molecule has 1 amide bonds. The Bertz CT molecular complexity index is 1040. The number of ether oxygens (including phenoxy) is 1. The SMILES string of the molecule is COC(=O)c1cc(NC(=O)c2csc(-c3ccccc3F)n2)c(F)cc1F. The minimum Gasteiger partial charge on any atom is -0.465 e.